The van der Waals surface area contributed by atoms with Crippen molar-refractivity contribution in [1.82, 2.24) is 10.6 Å². The van der Waals surface area contributed by atoms with Crippen LogP contribution in [0.2, 0.25) is 0 Å². The van der Waals surface area contributed by atoms with Gasteiger partial charge in [-0.15, -0.1) is 0 Å². The van der Waals surface area contributed by atoms with Crippen molar-refractivity contribution in [3.8, 4) is 17.2 Å². The molecule has 1 heterocycles. The quantitative estimate of drug-likeness (QED) is 0.539. The maximum atomic E-state index is 6.04. The Balaban J connectivity index is 1.51. The van der Waals surface area contributed by atoms with Gasteiger partial charge in [-0.1, -0.05) is 6.42 Å². The highest BCUT2D eigenvalue weighted by Crippen LogP contribution is 2.62. The van der Waals surface area contributed by atoms with Crippen LogP contribution in [0.4, 0.5) is 0 Å². The Morgan fingerprint density at radius 1 is 1.17 bits per heavy atom. The molecule has 160 valence electrons. The summed E-state index contributed by atoms with van der Waals surface area (Å²) in [6.07, 6.45) is 5.43. The van der Waals surface area contributed by atoms with E-state index in [0.717, 1.165) is 31.1 Å². The Hall–Kier alpha value is -2.15. The average molecular weight is 404 g/mol. The number of hydrogen-bond acceptors (Lipinski definition) is 5. The molecule has 4 rings (SSSR count). The first kappa shape index (κ1) is 20.1. The Kier molecular flexibility index (Phi) is 5.76. The third kappa shape index (κ3) is 3.39. The maximum Gasteiger partial charge on any atom is 0.203 e. The maximum absolute atomic E-state index is 6.04. The summed E-state index contributed by atoms with van der Waals surface area (Å²) in [6, 6.07) is 4.36. The monoisotopic (exact) mass is 403 g/mol. The van der Waals surface area contributed by atoms with Crippen LogP contribution in [0.25, 0.3) is 0 Å². The van der Waals surface area contributed by atoms with Crippen LogP contribution in [0.3, 0.4) is 0 Å². The fourth-order valence-corrected chi connectivity index (χ4v) is 5.32. The van der Waals surface area contributed by atoms with Crippen molar-refractivity contribution < 1.29 is 18.9 Å². The van der Waals surface area contributed by atoms with Crippen molar-refractivity contribution in [1.29, 1.82) is 0 Å². The zero-order valence-electron chi connectivity index (χ0n) is 17.9. The van der Waals surface area contributed by atoms with Crippen LogP contribution in [0.15, 0.2) is 17.1 Å². The van der Waals surface area contributed by atoms with Crippen LogP contribution in [-0.4, -0.2) is 52.6 Å². The molecule has 2 saturated carbocycles. The zero-order valence-corrected chi connectivity index (χ0v) is 17.9. The highest BCUT2D eigenvalue weighted by atomic mass is 16.5. The first-order chi connectivity index (χ1) is 14.2. The fraction of sp³-hybridized carbons (Fsp3) is 0.682. The van der Waals surface area contributed by atoms with Crippen LogP contribution in [-0.2, 0) is 11.3 Å². The molecule has 0 aromatic heterocycles. The number of nitrogens with one attached hydrogen (secondary N) is 2. The van der Waals surface area contributed by atoms with Gasteiger partial charge in [0.15, 0.2) is 17.5 Å². The third-order valence-electron chi connectivity index (χ3n) is 6.82. The van der Waals surface area contributed by atoms with E-state index in [9.17, 15) is 0 Å². The van der Waals surface area contributed by atoms with E-state index >= 15 is 0 Å². The predicted molar refractivity (Wildman–Crippen MR) is 112 cm³/mol. The number of methoxy groups -OCH3 is 3. The summed E-state index contributed by atoms with van der Waals surface area (Å²) in [6.45, 7) is 4.34. The van der Waals surface area contributed by atoms with E-state index in [4.69, 9.17) is 23.9 Å². The summed E-state index contributed by atoms with van der Waals surface area (Å²) in [5, 5.41) is 7.15. The second kappa shape index (κ2) is 8.30. The van der Waals surface area contributed by atoms with Crippen molar-refractivity contribution in [2.24, 2.45) is 16.3 Å². The normalized spacial score (nSPS) is 26.9. The molecule has 3 aliphatic rings. The van der Waals surface area contributed by atoms with E-state index in [2.05, 4.69) is 17.6 Å². The molecule has 7 heteroatoms. The third-order valence-corrected chi connectivity index (χ3v) is 6.82. The highest BCUT2D eigenvalue weighted by Gasteiger charge is 2.66. The van der Waals surface area contributed by atoms with Gasteiger partial charge in [0, 0.05) is 30.5 Å². The molecule has 3 fully saturated rings. The van der Waals surface area contributed by atoms with Crippen molar-refractivity contribution in [3.05, 3.63) is 17.7 Å². The zero-order chi connectivity index (χ0) is 20.4. The number of aliphatic imine (C=N–C) groups is 1. The lowest BCUT2D eigenvalue weighted by Gasteiger charge is -2.63. The molecule has 29 heavy (non-hydrogen) atoms. The molecule has 2 aliphatic carbocycles. The summed E-state index contributed by atoms with van der Waals surface area (Å²) in [5.41, 5.74) is 1.33. The van der Waals surface area contributed by atoms with Gasteiger partial charge in [-0.3, -0.25) is 0 Å². The van der Waals surface area contributed by atoms with Gasteiger partial charge in [0.1, 0.15) is 0 Å². The first-order valence-corrected chi connectivity index (χ1v) is 10.6. The smallest absolute Gasteiger partial charge is 0.203 e. The van der Waals surface area contributed by atoms with E-state index in [1.165, 1.54) is 19.3 Å². The van der Waals surface area contributed by atoms with Gasteiger partial charge in [0.05, 0.1) is 34.0 Å². The number of hydrogen-bond donors (Lipinski definition) is 2. The van der Waals surface area contributed by atoms with Gasteiger partial charge in [-0.25, -0.2) is 4.99 Å². The van der Waals surface area contributed by atoms with Crippen LogP contribution < -0.4 is 24.8 Å². The Labute approximate surface area is 173 Å². The van der Waals surface area contributed by atoms with Gasteiger partial charge in [0.2, 0.25) is 5.75 Å². The Morgan fingerprint density at radius 2 is 1.90 bits per heavy atom. The average Bonchev–Trinajstić information content (AvgIpc) is 3.12. The molecule has 3 atom stereocenters. The summed E-state index contributed by atoms with van der Waals surface area (Å²) < 4.78 is 22.4. The van der Waals surface area contributed by atoms with E-state index in [1.807, 2.05) is 12.1 Å². The van der Waals surface area contributed by atoms with Crippen molar-refractivity contribution in [2.45, 2.75) is 51.3 Å². The molecule has 3 unspecified atom stereocenters. The van der Waals surface area contributed by atoms with Crippen molar-refractivity contribution in [3.63, 3.8) is 0 Å². The van der Waals surface area contributed by atoms with Crippen LogP contribution in [0, 0.1) is 11.3 Å². The molecular weight excluding hydrogens is 370 g/mol. The predicted octanol–water partition coefficient (Wildman–Crippen LogP) is 2.73. The molecule has 0 amide bonds. The molecule has 1 aliphatic heterocycles. The lowest BCUT2D eigenvalue weighted by Crippen LogP contribution is -2.72. The van der Waals surface area contributed by atoms with E-state index in [-0.39, 0.29) is 0 Å². The largest absolute Gasteiger partial charge is 0.493 e. The Morgan fingerprint density at radius 3 is 2.45 bits per heavy atom. The number of nitrogens with zero attached hydrogens (tertiary/aromatic N) is 1. The number of rotatable bonds is 7. The number of guanidine groups is 1. The van der Waals surface area contributed by atoms with Crippen molar-refractivity contribution in [2.75, 3.05) is 34.5 Å². The summed E-state index contributed by atoms with van der Waals surface area (Å²) in [7, 11) is 4.87. The number of fused-ring (bicyclic) bond motifs is 2. The summed E-state index contributed by atoms with van der Waals surface area (Å²) >= 11 is 0. The molecule has 7 nitrogen and oxygen atoms in total. The van der Waals surface area contributed by atoms with Crippen LogP contribution in [0.5, 0.6) is 17.2 Å². The molecule has 0 bridgehead atoms. The van der Waals surface area contributed by atoms with E-state index < -0.39 is 0 Å². The lowest BCUT2D eigenvalue weighted by molar-refractivity contribution is -0.171. The minimum Gasteiger partial charge on any atom is -0.493 e. The fourth-order valence-electron chi connectivity index (χ4n) is 5.32. The minimum absolute atomic E-state index is 0.323. The van der Waals surface area contributed by atoms with Crippen LogP contribution >= 0.6 is 0 Å². The minimum atomic E-state index is 0.323. The summed E-state index contributed by atoms with van der Waals surface area (Å²) in [4.78, 5) is 4.85. The molecule has 2 N–H and O–H groups in total. The second-order valence-corrected chi connectivity index (χ2v) is 8.18. The molecule has 1 saturated heterocycles. The molecule has 0 radical (unpaired) electrons. The van der Waals surface area contributed by atoms with Gasteiger partial charge >= 0.3 is 0 Å². The van der Waals surface area contributed by atoms with E-state index in [1.54, 1.807) is 21.3 Å². The second-order valence-electron chi connectivity index (χ2n) is 8.18. The van der Waals surface area contributed by atoms with Crippen molar-refractivity contribution >= 4 is 5.96 Å². The first-order valence-electron chi connectivity index (χ1n) is 10.6. The van der Waals surface area contributed by atoms with Crippen LogP contribution in [0.1, 0.15) is 38.2 Å². The number of benzene rings is 1. The standard InChI is InChI=1S/C22H33N3O4/c1-5-23-21(25-19-15-7-10-29-20(15)22(19)8-6-9-22)24-13-14-11-16(26-2)18(28-4)17(12-14)27-3/h11-12,15,19-20H,5-10,13H2,1-4H3,(H2,23,24,25). The molecule has 1 aromatic rings. The lowest BCUT2D eigenvalue weighted by atomic mass is 9.46. The van der Waals surface area contributed by atoms with E-state index in [0.29, 0.717) is 47.3 Å². The van der Waals surface area contributed by atoms with Gasteiger partial charge in [-0.05, 0) is 43.9 Å². The molecule has 1 spiro atoms. The van der Waals surface area contributed by atoms with Gasteiger partial charge in [0.25, 0.3) is 0 Å². The molecular formula is C22H33N3O4. The highest BCUT2D eigenvalue weighted by molar-refractivity contribution is 5.80. The van der Waals surface area contributed by atoms with Gasteiger partial charge in [-0.2, -0.15) is 0 Å². The number of ether oxygens (including phenoxy) is 4. The SMILES string of the molecule is CCNC(=NCc1cc(OC)c(OC)c(OC)c1)NC1C2CCOC2C12CCC2. The van der Waals surface area contributed by atoms with Gasteiger partial charge < -0.3 is 29.6 Å². The Bertz CT molecular complexity index is 737. The molecule has 1 aromatic carbocycles. The topological polar surface area (TPSA) is 73.3 Å². The summed E-state index contributed by atoms with van der Waals surface area (Å²) in [5.74, 6) is 3.37.